The standard InChI is InChI=1S/C24H27NO4/c1-12-9-19(28-4)23-15(7-6-8-17(23)26)21(12)24-16-10-13(2)25-14(3)22(16)20(29-5)11-18(24)27/h6-9,11,13-14,25-27H,10H2,1-5H3. The van der Waals surface area contributed by atoms with Crippen molar-refractivity contribution >= 4 is 10.8 Å². The molecule has 1 aliphatic rings. The van der Waals surface area contributed by atoms with Crippen LogP contribution in [0.5, 0.6) is 23.0 Å². The first-order valence-corrected chi connectivity index (χ1v) is 9.85. The van der Waals surface area contributed by atoms with E-state index < -0.39 is 0 Å². The zero-order valence-electron chi connectivity index (χ0n) is 17.5. The maximum atomic E-state index is 11.1. The van der Waals surface area contributed by atoms with Crippen LogP contribution in [-0.2, 0) is 6.42 Å². The van der Waals surface area contributed by atoms with E-state index in [1.54, 1.807) is 26.4 Å². The molecule has 0 bridgehead atoms. The molecule has 2 atom stereocenters. The van der Waals surface area contributed by atoms with Gasteiger partial charge in [0, 0.05) is 29.3 Å². The molecule has 0 amide bonds. The average molecular weight is 393 g/mol. The molecule has 29 heavy (non-hydrogen) atoms. The molecule has 3 aromatic rings. The second kappa shape index (κ2) is 7.16. The third kappa shape index (κ3) is 2.97. The van der Waals surface area contributed by atoms with Crippen molar-refractivity contribution in [2.24, 2.45) is 0 Å². The van der Waals surface area contributed by atoms with Crippen molar-refractivity contribution < 1.29 is 19.7 Å². The number of hydrogen-bond acceptors (Lipinski definition) is 5. The summed E-state index contributed by atoms with van der Waals surface area (Å²) in [6.07, 6.45) is 0.769. The van der Waals surface area contributed by atoms with Crippen molar-refractivity contribution in [2.45, 2.75) is 39.3 Å². The summed E-state index contributed by atoms with van der Waals surface area (Å²) in [6, 6.07) is 9.41. The molecule has 0 saturated carbocycles. The molecule has 0 aromatic heterocycles. The fourth-order valence-corrected chi connectivity index (χ4v) is 4.78. The molecule has 5 nitrogen and oxygen atoms in total. The molecule has 152 valence electrons. The fraction of sp³-hybridized carbons (Fsp3) is 0.333. The van der Waals surface area contributed by atoms with E-state index >= 15 is 0 Å². The quantitative estimate of drug-likeness (QED) is 0.594. The van der Waals surface area contributed by atoms with Gasteiger partial charge in [0.15, 0.2) is 0 Å². The van der Waals surface area contributed by atoms with Gasteiger partial charge in [-0.05, 0) is 61.4 Å². The lowest BCUT2D eigenvalue weighted by Crippen LogP contribution is -2.36. The highest BCUT2D eigenvalue weighted by Crippen LogP contribution is 2.49. The van der Waals surface area contributed by atoms with E-state index in [-0.39, 0.29) is 23.6 Å². The molecule has 3 N–H and O–H groups in total. The molecule has 4 rings (SSSR count). The summed E-state index contributed by atoms with van der Waals surface area (Å²) in [5, 5.41) is 26.7. The number of aryl methyl sites for hydroxylation is 1. The molecule has 2 unspecified atom stereocenters. The highest BCUT2D eigenvalue weighted by Gasteiger charge is 2.30. The van der Waals surface area contributed by atoms with E-state index in [9.17, 15) is 10.2 Å². The number of rotatable bonds is 3. The summed E-state index contributed by atoms with van der Waals surface area (Å²) in [7, 11) is 3.23. The van der Waals surface area contributed by atoms with Gasteiger partial charge in [0.2, 0.25) is 0 Å². The minimum absolute atomic E-state index is 0.0984. The summed E-state index contributed by atoms with van der Waals surface area (Å²) >= 11 is 0. The van der Waals surface area contributed by atoms with Crippen LogP contribution in [-0.4, -0.2) is 30.5 Å². The van der Waals surface area contributed by atoms with Crippen LogP contribution in [0.1, 0.15) is 36.6 Å². The molecule has 0 fully saturated rings. The maximum absolute atomic E-state index is 11.1. The Labute approximate surface area is 170 Å². The largest absolute Gasteiger partial charge is 0.507 e. The number of hydrogen-bond donors (Lipinski definition) is 3. The second-order valence-electron chi connectivity index (χ2n) is 7.83. The monoisotopic (exact) mass is 393 g/mol. The molecule has 1 aliphatic heterocycles. The SMILES string of the molecule is COc1cc(O)c(-c2c(C)cc(OC)c3c(O)cccc23)c2c1C(C)NC(C)C2. The van der Waals surface area contributed by atoms with Gasteiger partial charge >= 0.3 is 0 Å². The Kier molecular flexibility index (Phi) is 4.79. The first-order valence-electron chi connectivity index (χ1n) is 9.85. The second-order valence-corrected chi connectivity index (χ2v) is 7.83. The van der Waals surface area contributed by atoms with Crippen molar-refractivity contribution in [2.75, 3.05) is 14.2 Å². The van der Waals surface area contributed by atoms with Crippen LogP contribution >= 0.6 is 0 Å². The zero-order valence-corrected chi connectivity index (χ0v) is 17.5. The summed E-state index contributed by atoms with van der Waals surface area (Å²) < 4.78 is 11.1. The van der Waals surface area contributed by atoms with Gasteiger partial charge in [0.25, 0.3) is 0 Å². The maximum Gasteiger partial charge on any atom is 0.130 e. The molecule has 0 radical (unpaired) electrons. The smallest absolute Gasteiger partial charge is 0.130 e. The fourth-order valence-electron chi connectivity index (χ4n) is 4.78. The van der Waals surface area contributed by atoms with Crippen molar-refractivity contribution in [1.82, 2.24) is 5.32 Å². The zero-order chi connectivity index (χ0) is 20.9. The summed E-state index contributed by atoms with van der Waals surface area (Å²) in [5.74, 6) is 1.64. The topological polar surface area (TPSA) is 71.0 Å². The molecular formula is C24H27NO4. The Bertz CT molecular complexity index is 1110. The number of phenols is 2. The molecule has 3 aromatic carbocycles. The van der Waals surface area contributed by atoms with E-state index in [1.165, 1.54) is 0 Å². The predicted molar refractivity (Wildman–Crippen MR) is 115 cm³/mol. The molecular weight excluding hydrogens is 366 g/mol. The predicted octanol–water partition coefficient (Wildman–Crippen LogP) is 4.84. The molecule has 0 spiro atoms. The first kappa shape index (κ1) is 19.4. The van der Waals surface area contributed by atoms with E-state index in [1.807, 2.05) is 25.1 Å². The van der Waals surface area contributed by atoms with Gasteiger partial charge in [0.1, 0.15) is 23.0 Å². The van der Waals surface area contributed by atoms with E-state index in [2.05, 4.69) is 19.2 Å². The van der Waals surface area contributed by atoms with Crippen molar-refractivity contribution in [3.05, 3.63) is 47.0 Å². The van der Waals surface area contributed by atoms with E-state index in [0.717, 1.165) is 39.6 Å². The minimum atomic E-state index is 0.0984. The lowest BCUT2D eigenvalue weighted by atomic mass is 9.81. The van der Waals surface area contributed by atoms with Gasteiger partial charge in [-0.25, -0.2) is 0 Å². The average Bonchev–Trinajstić information content (AvgIpc) is 2.67. The van der Waals surface area contributed by atoms with Gasteiger partial charge in [-0.3, -0.25) is 0 Å². The van der Waals surface area contributed by atoms with Crippen molar-refractivity contribution in [3.63, 3.8) is 0 Å². The van der Waals surface area contributed by atoms with Crippen LogP contribution in [0, 0.1) is 6.92 Å². The number of phenolic OH excluding ortho intramolecular Hbond substituents is 2. The molecule has 1 heterocycles. The first-order chi connectivity index (χ1) is 13.9. The third-order valence-electron chi connectivity index (χ3n) is 5.88. The Morgan fingerprint density at radius 2 is 1.69 bits per heavy atom. The van der Waals surface area contributed by atoms with Crippen molar-refractivity contribution in [1.29, 1.82) is 0 Å². The lowest BCUT2D eigenvalue weighted by Gasteiger charge is -2.33. The Morgan fingerprint density at radius 1 is 0.966 bits per heavy atom. The van der Waals surface area contributed by atoms with Crippen LogP contribution in [0.15, 0.2) is 30.3 Å². The number of fused-ring (bicyclic) bond motifs is 2. The van der Waals surface area contributed by atoms with Crippen LogP contribution in [0.2, 0.25) is 0 Å². The molecule has 0 saturated heterocycles. The van der Waals surface area contributed by atoms with Crippen LogP contribution < -0.4 is 14.8 Å². The number of aromatic hydroxyl groups is 2. The van der Waals surface area contributed by atoms with Crippen LogP contribution in [0.25, 0.3) is 21.9 Å². The number of benzene rings is 3. The summed E-state index contributed by atoms with van der Waals surface area (Å²) in [6.45, 7) is 6.26. The van der Waals surface area contributed by atoms with Gasteiger partial charge in [-0.2, -0.15) is 0 Å². The van der Waals surface area contributed by atoms with E-state index in [0.29, 0.717) is 16.9 Å². The number of ether oxygens (including phenoxy) is 2. The van der Waals surface area contributed by atoms with E-state index in [4.69, 9.17) is 9.47 Å². The molecule has 0 aliphatic carbocycles. The van der Waals surface area contributed by atoms with Crippen molar-refractivity contribution in [3.8, 4) is 34.1 Å². The Morgan fingerprint density at radius 3 is 2.38 bits per heavy atom. The van der Waals surface area contributed by atoms with Crippen LogP contribution in [0.3, 0.4) is 0 Å². The minimum Gasteiger partial charge on any atom is -0.507 e. The number of methoxy groups -OCH3 is 2. The summed E-state index contributed by atoms with van der Waals surface area (Å²) in [5.41, 5.74) is 4.84. The van der Waals surface area contributed by atoms with Gasteiger partial charge in [-0.1, -0.05) is 12.1 Å². The third-order valence-corrected chi connectivity index (χ3v) is 5.88. The Balaban J connectivity index is 2.15. The molecule has 5 heteroatoms. The number of nitrogens with one attached hydrogen (secondary N) is 1. The van der Waals surface area contributed by atoms with Gasteiger partial charge in [0.05, 0.1) is 19.6 Å². The van der Waals surface area contributed by atoms with Gasteiger partial charge < -0.3 is 25.0 Å². The highest BCUT2D eigenvalue weighted by atomic mass is 16.5. The highest BCUT2D eigenvalue weighted by molar-refractivity contribution is 6.06. The Hall–Kier alpha value is -2.92. The summed E-state index contributed by atoms with van der Waals surface area (Å²) in [4.78, 5) is 0. The normalized spacial score (nSPS) is 18.5. The lowest BCUT2D eigenvalue weighted by molar-refractivity contribution is 0.377. The van der Waals surface area contributed by atoms with Crippen LogP contribution in [0.4, 0.5) is 0 Å². The van der Waals surface area contributed by atoms with Gasteiger partial charge in [-0.15, -0.1) is 0 Å².